The van der Waals surface area contributed by atoms with Crippen molar-refractivity contribution >= 4 is 51.5 Å². The first-order chi connectivity index (χ1) is 13.6. The maximum Gasteiger partial charge on any atom is 0.257 e. The lowest BCUT2D eigenvalue weighted by Crippen LogP contribution is -2.32. The van der Waals surface area contributed by atoms with Gasteiger partial charge in [0.15, 0.2) is 5.65 Å². The lowest BCUT2D eigenvalue weighted by molar-refractivity contribution is 0.0941. The number of hydrogen-bond donors (Lipinski definition) is 2. The molecule has 0 unspecified atom stereocenters. The van der Waals surface area contributed by atoms with Gasteiger partial charge in [-0.1, -0.05) is 25.1 Å². The van der Waals surface area contributed by atoms with Gasteiger partial charge >= 0.3 is 0 Å². The second kappa shape index (κ2) is 7.40. The Morgan fingerprint density at radius 1 is 1.29 bits per heavy atom. The average molecular weight is 392 g/mol. The molecule has 1 amide bonds. The van der Waals surface area contributed by atoms with E-state index in [1.807, 2.05) is 55.6 Å². The van der Waals surface area contributed by atoms with E-state index in [0.717, 1.165) is 11.3 Å². The molecule has 0 saturated heterocycles. The van der Waals surface area contributed by atoms with Crippen molar-refractivity contribution in [1.29, 1.82) is 0 Å². The van der Waals surface area contributed by atoms with E-state index in [-0.39, 0.29) is 17.8 Å². The highest BCUT2D eigenvalue weighted by molar-refractivity contribution is 7.11. The molecule has 0 saturated carbocycles. The van der Waals surface area contributed by atoms with E-state index in [9.17, 15) is 4.79 Å². The van der Waals surface area contributed by atoms with E-state index in [1.165, 1.54) is 4.68 Å². The number of nitrogen functional groups attached to an aromatic ring is 1. The fraction of sp³-hybridized carbons (Fsp3) is 0.200. The van der Waals surface area contributed by atoms with Crippen molar-refractivity contribution in [3.63, 3.8) is 0 Å². The van der Waals surface area contributed by atoms with E-state index in [4.69, 9.17) is 5.73 Å². The third-order valence-corrected chi connectivity index (χ3v) is 5.34. The molecule has 4 rings (SSSR count). The second-order valence-electron chi connectivity index (χ2n) is 6.50. The first-order valence-corrected chi connectivity index (χ1v) is 9.91. The summed E-state index contributed by atoms with van der Waals surface area (Å²) in [4.78, 5) is 23.2. The van der Waals surface area contributed by atoms with E-state index in [0.29, 0.717) is 27.8 Å². The zero-order chi connectivity index (χ0) is 19.7. The molecule has 0 aliphatic rings. The van der Waals surface area contributed by atoms with Crippen LogP contribution in [-0.2, 0) is 0 Å². The van der Waals surface area contributed by atoms with Gasteiger partial charge in [-0.05, 0) is 36.9 Å². The molecule has 1 aromatic carbocycles. The number of amides is 1. The molecule has 3 heterocycles. The summed E-state index contributed by atoms with van der Waals surface area (Å²) in [6, 6.07) is 11.4. The molecule has 8 heteroatoms. The Morgan fingerprint density at radius 2 is 2.04 bits per heavy atom. The minimum atomic E-state index is -0.272. The summed E-state index contributed by atoms with van der Waals surface area (Å²) in [5, 5.41) is 9.41. The maximum absolute atomic E-state index is 12.9. The summed E-state index contributed by atoms with van der Waals surface area (Å²) in [6.07, 6.45) is 2.52. The van der Waals surface area contributed by atoms with Crippen LogP contribution in [0.1, 0.15) is 35.5 Å². The van der Waals surface area contributed by atoms with Crippen molar-refractivity contribution in [3.05, 3.63) is 52.2 Å². The number of carbonyl (C=O) groups is 1. The molecule has 0 aliphatic heterocycles. The van der Waals surface area contributed by atoms with Gasteiger partial charge in [0, 0.05) is 10.9 Å². The zero-order valence-corrected chi connectivity index (χ0v) is 16.4. The number of nitrogens with two attached hydrogens (primary N) is 1. The Hall–Kier alpha value is -3.26. The third kappa shape index (κ3) is 3.22. The second-order valence-corrected chi connectivity index (χ2v) is 7.48. The summed E-state index contributed by atoms with van der Waals surface area (Å²) in [6.45, 7) is 3.96. The van der Waals surface area contributed by atoms with Gasteiger partial charge in [-0.15, -0.1) is 11.3 Å². The van der Waals surface area contributed by atoms with Crippen molar-refractivity contribution < 1.29 is 4.79 Å². The molecule has 0 radical (unpaired) electrons. The number of para-hydroxylation sites is 2. The van der Waals surface area contributed by atoms with Crippen LogP contribution in [0.25, 0.3) is 22.2 Å². The number of rotatable bonds is 5. The Bertz CT molecular complexity index is 1180. The molecule has 0 spiro atoms. The molecular weight excluding hydrogens is 372 g/mol. The molecule has 0 bridgehead atoms. The molecule has 0 aliphatic carbocycles. The largest absolute Gasteiger partial charge is 0.383 e. The fourth-order valence-electron chi connectivity index (χ4n) is 2.87. The highest BCUT2D eigenvalue weighted by atomic mass is 32.1. The topological polar surface area (TPSA) is 98.2 Å². The Labute approximate surface area is 165 Å². The van der Waals surface area contributed by atoms with E-state index in [2.05, 4.69) is 20.4 Å². The van der Waals surface area contributed by atoms with E-state index >= 15 is 0 Å². The molecule has 3 aromatic heterocycles. The van der Waals surface area contributed by atoms with Crippen LogP contribution in [0.3, 0.4) is 0 Å². The van der Waals surface area contributed by atoms with Gasteiger partial charge < -0.3 is 11.1 Å². The third-order valence-electron chi connectivity index (χ3n) is 4.53. The number of nitrogens with one attached hydrogen (secondary N) is 1. The van der Waals surface area contributed by atoms with Crippen molar-refractivity contribution in [3.8, 4) is 0 Å². The zero-order valence-electron chi connectivity index (χ0n) is 15.6. The molecule has 142 valence electrons. The predicted molar refractivity (Wildman–Crippen MR) is 114 cm³/mol. The molecule has 3 N–H and O–H groups in total. The van der Waals surface area contributed by atoms with Crippen molar-refractivity contribution in [2.45, 2.75) is 26.3 Å². The lowest BCUT2D eigenvalue weighted by Gasteiger charge is -2.11. The number of benzene rings is 1. The van der Waals surface area contributed by atoms with Gasteiger partial charge in [0.2, 0.25) is 0 Å². The minimum absolute atomic E-state index is 0.0216. The van der Waals surface area contributed by atoms with Gasteiger partial charge in [0.1, 0.15) is 16.9 Å². The number of aromatic nitrogens is 3. The normalized spacial score (nSPS) is 12.8. The first kappa shape index (κ1) is 18.1. The van der Waals surface area contributed by atoms with Crippen LogP contribution < -0.4 is 11.1 Å². The van der Waals surface area contributed by atoms with Gasteiger partial charge in [0.25, 0.3) is 5.91 Å². The molecule has 1 atom stereocenters. The van der Waals surface area contributed by atoms with Gasteiger partial charge in [0.05, 0.1) is 17.2 Å². The maximum atomic E-state index is 12.9. The number of carbonyl (C=O) groups excluding carboxylic acids is 1. The monoisotopic (exact) mass is 392 g/mol. The van der Waals surface area contributed by atoms with Crippen molar-refractivity contribution in [2.24, 2.45) is 5.10 Å². The van der Waals surface area contributed by atoms with Crippen LogP contribution in [0.2, 0.25) is 0 Å². The molecule has 4 aromatic rings. The van der Waals surface area contributed by atoms with Crippen LogP contribution in [0, 0.1) is 0 Å². The number of anilines is 1. The average Bonchev–Trinajstić information content (AvgIpc) is 3.30. The smallest absolute Gasteiger partial charge is 0.257 e. The summed E-state index contributed by atoms with van der Waals surface area (Å²) < 4.78 is 1.49. The number of hydrogen-bond acceptors (Lipinski definition) is 6. The molecular formula is C20H20N6OS. The van der Waals surface area contributed by atoms with Gasteiger partial charge in [-0.25, -0.2) is 9.97 Å². The molecule has 28 heavy (non-hydrogen) atoms. The number of nitrogens with zero attached hydrogens (tertiary/aromatic N) is 4. The predicted octanol–water partition coefficient (Wildman–Crippen LogP) is 3.64. The quantitative estimate of drug-likeness (QED) is 0.507. The van der Waals surface area contributed by atoms with Crippen LogP contribution in [-0.4, -0.2) is 32.8 Å². The summed E-state index contributed by atoms with van der Waals surface area (Å²) in [7, 11) is 0. The molecule has 7 nitrogen and oxygen atoms in total. The SMILES string of the molecule is CC[C@H](C)NC(=O)c1c(N)n(/N=C\c2cccs2)c2nc3ccccc3nc12. The minimum Gasteiger partial charge on any atom is -0.383 e. The van der Waals surface area contributed by atoms with E-state index in [1.54, 1.807) is 17.6 Å². The van der Waals surface area contributed by atoms with E-state index < -0.39 is 0 Å². The van der Waals surface area contributed by atoms with Crippen LogP contribution >= 0.6 is 11.3 Å². The Kier molecular flexibility index (Phi) is 4.79. The van der Waals surface area contributed by atoms with Crippen LogP contribution in [0.15, 0.2) is 46.9 Å². The Morgan fingerprint density at radius 3 is 2.71 bits per heavy atom. The van der Waals surface area contributed by atoms with Crippen LogP contribution in [0.4, 0.5) is 5.82 Å². The first-order valence-electron chi connectivity index (χ1n) is 9.04. The highest BCUT2D eigenvalue weighted by Gasteiger charge is 2.24. The standard InChI is InChI=1S/C20H20N6OS/c1-3-12(2)23-20(27)16-17-19(25-15-9-5-4-8-14(15)24-17)26(18(16)21)22-11-13-7-6-10-28-13/h4-12H,3,21H2,1-2H3,(H,23,27)/b22-11-/t12-/m0/s1. The molecule has 0 fully saturated rings. The van der Waals surface area contributed by atoms with Gasteiger partial charge in [-0.2, -0.15) is 9.78 Å². The number of fused-ring (bicyclic) bond motifs is 2. The summed E-state index contributed by atoms with van der Waals surface area (Å²) in [5.41, 5.74) is 8.97. The lowest BCUT2D eigenvalue weighted by atomic mass is 10.2. The summed E-state index contributed by atoms with van der Waals surface area (Å²) >= 11 is 1.56. The highest BCUT2D eigenvalue weighted by Crippen LogP contribution is 2.28. The van der Waals surface area contributed by atoms with Crippen molar-refractivity contribution in [2.75, 3.05) is 5.73 Å². The Balaban J connectivity index is 1.93. The summed E-state index contributed by atoms with van der Waals surface area (Å²) in [5.74, 6) is -0.0505. The van der Waals surface area contributed by atoms with Gasteiger partial charge in [-0.3, -0.25) is 4.79 Å². The fourth-order valence-corrected chi connectivity index (χ4v) is 3.44. The van der Waals surface area contributed by atoms with Crippen LogP contribution in [0.5, 0.6) is 0 Å². The number of thiophene rings is 1. The van der Waals surface area contributed by atoms with Crippen molar-refractivity contribution in [1.82, 2.24) is 20.0 Å².